The van der Waals surface area contributed by atoms with Gasteiger partial charge in [0.25, 0.3) is 0 Å². The van der Waals surface area contributed by atoms with E-state index in [4.69, 9.17) is 28.9 Å². The molecule has 0 spiro atoms. The SMILES string of the molecule is NCCCn1nc2cc(Cl)c(Cl)cc2n1. The maximum absolute atomic E-state index is 5.87. The zero-order chi connectivity index (χ0) is 10.8. The van der Waals surface area contributed by atoms with Crippen LogP contribution in [0.5, 0.6) is 0 Å². The molecule has 6 heteroatoms. The van der Waals surface area contributed by atoms with Gasteiger partial charge < -0.3 is 5.73 Å². The molecule has 0 amide bonds. The molecule has 80 valence electrons. The van der Waals surface area contributed by atoms with Gasteiger partial charge in [-0.15, -0.1) is 0 Å². The molecule has 0 unspecified atom stereocenters. The zero-order valence-electron chi connectivity index (χ0n) is 7.95. The number of hydrogen-bond donors (Lipinski definition) is 1. The second-order valence-corrected chi connectivity index (χ2v) is 4.01. The summed E-state index contributed by atoms with van der Waals surface area (Å²) in [4.78, 5) is 1.62. The number of hydrogen-bond acceptors (Lipinski definition) is 3. The average molecular weight is 245 g/mol. The summed E-state index contributed by atoms with van der Waals surface area (Å²) in [6, 6.07) is 3.43. The molecule has 0 atom stereocenters. The van der Waals surface area contributed by atoms with Gasteiger partial charge in [0, 0.05) is 0 Å². The number of aryl methyl sites for hydroxylation is 1. The van der Waals surface area contributed by atoms with Gasteiger partial charge >= 0.3 is 0 Å². The molecule has 1 heterocycles. The first-order chi connectivity index (χ1) is 7.20. The van der Waals surface area contributed by atoms with E-state index in [-0.39, 0.29) is 0 Å². The van der Waals surface area contributed by atoms with E-state index in [2.05, 4.69) is 10.2 Å². The molecule has 2 N–H and O–H groups in total. The molecular formula is C9H10Cl2N4. The highest BCUT2D eigenvalue weighted by molar-refractivity contribution is 6.42. The van der Waals surface area contributed by atoms with Crippen molar-refractivity contribution in [1.82, 2.24) is 15.0 Å². The smallest absolute Gasteiger partial charge is 0.114 e. The predicted octanol–water partition coefficient (Wildman–Crippen LogP) is 2.09. The number of fused-ring (bicyclic) bond motifs is 1. The third kappa shape index (κ3) is 2.22. The van der Waals surface area contributed by atoms with Gasteiger partial charge in [0.2, 0.25) is 0 Å². The average Bonchev–Trinajstić information content (AvgIpc) is 2.58. The molecule has 0 saturated carbocycles. The summed E-state index contributed by atoms with van der Waals surface area (Å²) in [6.07, 6.45) is 0.850. The highest BCUT2D eigenvalue weighted by Crippen LogP contribution is 2.25. The monoisotopic (exact) mass is 244 g/mol. The number of halogens is 2. The van der Waals surface area contributed by atoms with Crippen LogP contribution in [-0.2, 0) is 6.54 Å². The van der Waals surface area contributed by atoms with Crippen LogP contribution in [-0.4, -0.2) is 21.5 Å². The lowest BCUT2D eigenvalue weighted by molar-refractivity contribution is 0.523. The van der Waals surface area contributed by atoms with Crippen LogP contribution in [0.3, 0.4) is 0 Å². The minimum absolute atomic E-state index is 0.495. The Morgan fingerprint density at radius 3 is 2.13 bits per heavy atom. The molecule has 0 bridgehead atoms. The molecule has 0 aliphatic rings. The minimum atomic E-state index is 0.495. The zero-order valence-corrected chi connectivity index (χ0v) is 9.46. The van der Waals surface area contributed by atoms with E-state index in [1.54, 1.807) is 16.9 Å². The molecule has 0 fully saturated rings. The first-order valence-electron chi connectivity index (χ1n) is 4.60. The lowest BCUT2D eigenvalue weighted by Crippen LogP contribution is -2.07. The van der Waals surface area contributed by atoms with Crippen LogP contribution in [0, 0.1) is 0 Å². The lowest BCUT2D eigenvalue weighted by atomic mass is 10.3. The van der Waals surface area contributed by atoms with Gasteiger partial charge in [0.1, 0.15) is 11.0 Å². The highest BCUT2D eigenvalue weighted by Gasteiger charge is 2.06. The third-order valence-corrected chi connectivity index (χ3v) is 2.75. The Hall–Kier alpha value is -0.840. The number of nitrogens with zero attached hydrogens (tertiary/aromatic N) is 3. The summed E-state index contributed by atoms with van der Waals surface area (Å²) in [7, 11) is 0. The van der Waals surface area contributed by atoms with Crippen molar-refractivity contribution in [2.75, 3.05) is 6.54 Å². The molecule has 15 heavy (non-hydrogen) atoms. The van der Waals surface area contributed by atoms with Crippen molar-refractivity contribution in [3.8, 4) is 0 Å². The van der Waals surface area contributed by atoms with Crippen LogP contribution in [0.1, 0.15) is 6.42 Å². The molecule has 0 aliphatic carbocycles. The van der Waals surface area contributed by atoms with Crippen LogP contribution in [0.25, 0.3) is 11.0 Å². The fraction of sp³-hybridized carbons (Fsp3) is 0.333. The Morgan fingerprint density at radius 1 is 1.13 bits per heavy atom. The number of benzene rings is 1. The molecule has 1 aromatic heterocycles. The first-order valence-corrected chi connectivity index (χ1v) is 5.36. The Kier molecular flexibility index (Phi) is 3.09. The molecule has 0 aliphatic heterocycles. The molecule has 2 rings (SSSR count). The highest BCUT2D eigenvalue weighted by atomic mass is 35.5. The summed E-state index contributed by atoms with van der Waals surface area (Å²) >= 11 is 11.7. The van der Waals surface area contributed by atoms with Crippen molar-refractivity contribution in [1.29, 1.82) is 0 Å². The molecule has 0 radical (unpaired) electrons. The van der Waals surface area contributed by atoms with Gasteiger partial charge in [-0.2, -0.15) is 15.0 Å². The second kappa shape index (κ2) is 4.35. The van der Waals surface area contributed by atoms with E-state index in [0.29, 0.717) is 23.1 Å². The van der Waals surface area contributed by atoms with Gasteiger partial charge in [-0.3, -0.25) is 0 Å². The fourth-order valence-electron chi connectivity index (χ4n) is 1.29. The standard InChI is InChI=1S/C9H10Cl2N4/c10-6-4-8-9(5-7(6)11)14-15(13-8)3-1-2-12/h4-5H,1-3,12H2. The van der Waals surface area contributed by atoms with E-state index >= 15 is 0 Å². The molecule has 1 aromatic carbocycles. The maximum Gasteiger partial charge on any atom is 0.114 e. The van der Waals surface area contributed by atoms with Crippen LogP contribution in [0.4, 0.5) is 0 Å². The Bertz CT molecular complexity index is 441. The van der Waals surface area contributed by atoms with Crippen molar-refractivity contribution in [2.45, 2.75) is 13.0 Å². The second-order valence-electron chi connectivity index (χ2n) is 3.19. The van der Waals surface area contributed by atoms with Crippen molar-refractivity contribution < 1.29 is 0 Å². The van der Waals surface area contributed by atoms with E-state index in [1.165, 1.54) is 0 Å². The maximum atomic E-state index is 5.87. The van der Waals surface area contributed by atoms with E-state index < -0.39 is 0 Å². The Balaban J connectivity index is 2.38. The van der Waals surface area contributed by atoms with E-state index in [9.17, 15) is 0 Å². The molecule has 4 nitrogen and oxygen atoms in total. The van der Waals surface area contributed by atoms with Gasteiger partial charge in [-0.05, 0) is 25.1 Å². The quantitative estimate of drug-likeness (QED) is 0.900. The van der Waals surface area contributed by atoms with Crippen LogP contribution in [0.2, 0.25) is 10.0 Å². The van der Waals surface area contributed by atoms with Gasteiger partial charge in [0.15, 0.2) is 0 Å². The summed E-state index contributed by atoms with van der Waals surface area (Å²) < 4.78 is 0. The van der Waals surface area contributed by atoms with Crippen LogP contribution >= 0.6 is 23.2 Å². The number of nitrogens with two attached hydrogens (primary N) is 1. The minimum Gasteiger partial charge on any atom is -0.330 e. The van der Waals surface area contributed by atoms with Gasteiger partial charge in [0.05, 0.1) is 16.6 Å². The summed E-state index contributed by atoms with van der Waals surface area (Å²) in [5.41, 5.74) is 6.91. The molecule has 0 saturated heterocycles. The fourth-order valence-corrected chi connectivity index (χ4v) is 1.61. The van der Waals surface area contributed by atoms with Crippen molar-refractivity contribution >= 4 is 34.2 Å². The topological polar surface area (TPSA) is 56.7 Å². The molecular weight excluding hydrogens is 235 g/mol. The largest absolute Gasteiger partial charge is 0.330 e. The predicted molar refractivity (Wildman–Crippen MR) is 61.2 cm³/mol. The van der Waals surface area contributed by atoms with Crippen LogP contribution in [0.15, 0.2) is 12.1 Å². The summed E-state index contributed by atoms with van der Waals surface area (Å²) in [5, 5.41) is 9.51. The lowest BCUT2D eigenvalue weighted by Gasteiger charge is -1.94. The normalized spacial score (nSPS) is 11.1. The van der Waals surface area contributed by atoms with E-state index in [1.807, 2.05) is 0 Å². The Labute approximate surface area is 96.9 Å². The summed E-state index contributed by atoms with van der Waals surface area (Å²) in [6.45, 7) is 1.33. The van der Waals surface area contributed by atoms with E-state index in [0.717, 1.165) is 17.5 Å². The van der Waals surface area contributed by atoms with Crippen LogP contribution < -0.4 is 5.73 Å². The Morgan fingerprint density at radius 2 is 1.67 bits per heavy atom. The third-order valence-electron chi connectivity index (χ3n) is 2.03. The van der Waals surface area contributed by atoms with Crippen molar-refractivity contribution in [3.05, 3.63) is 22.2 Å². The van der Waals surface area contributed by atoms with Gasteiger partial charge in [-0.1, -0.05) is 23.2 Å². The number of rotatable bonds is 3. The number of aromatic nitrogens is 3. The van der Waals surface area contributed by atoms with Gasteiger partial charge in [-0.25, -0.2) is 0 Å². The van der Waals surface area contributed by atoms with Crippen molar-refractivity contribution in [2.24, 2.45) is 5.73 Å². The van der Waals surface area contributed by atoms with Crippen molar-refractivity contribution in [3.63, 3.8) is 0 Å². The molecule has 2 aromatic rings. The first kappa shape index (κ1) is 10.7. The summed E-state index contributed by atoms with van der Waals surface area (Å²) in [5.74, 6) is 0.